The number of carbonyl (C=O) groups excluding carboxylic acids is 1. The first-order chi connectivity index (χ1) is 9.13. The number of nitrogens with two attached hydrogens (primary N) is 1. The molecule has 1 amide bonds. The van der Waals surface area contributed by atoms with Gasteiger partial charge in [-0.2, -0.15) is 0 Å². The van der Waals surface area contributed by atoms with Crippen LogP contribution in [-0.4, -0.2) is 15.9 Å². The van der Waals surface area contributed by atoms with Crippen LogP contribution in [0.25, 0.3) is 22.7 Å². The van der Waals surface area contributed by atoms with Crippen LogP contribution in [-0.2, 0) is 0 Å². The first-order valence-corrected chi connectivity index (χ1v) is 5.83. The summed E-state index contributed by atoms with van der Waals surface area (Å²) in [5.41, 5.74) is 7.34. The number of halogens is 1. The molecule has 6 heteroatoms. The van der Waals surface area contributed by atoms with Gasteiger partial charge in [-0.3, -0.25) is 4.79 Å². The maximum atomic E-state index is 11.0. The molecule has 0 atom stereocenters. The number of benzene rings is 1. The smallest absolute Gasteiger partial charge is 0.248 e. The van der Waals surface area contributed by atoms with Crippen molar-refractivity contribution in [2.75, 3.05) is 0 Å². The first kappa shape index (κ1) is 11.7. The van der Waals surface area contributed by atoms with Gasteiger partial charge in [-0.05, 0) is 30.3 Å². The molecule has 0 unspecified atom stereocenters. The zero-order chi connectivity index (χ0) is 13.4. The number of pyridine rings is 1. The molecule has 0 bridgehead atoms. The predicted octanol–water partition coefficient (Wildman–Crippen LogP) is 2.64. The molecule has 3 rings (SSSR count). The van der Waals surface area contributed by atoms with Crippen LogP contribution >= 0.6 is 11.6 Å². The van der Waals surface area contributed by atoms with E-state index in [2.05, 4.69) is 9.97 Å². The van der Waals surface area contributed by atoms with E-state index in [1.807, 2.05) is 0 Å². The monoisotopic (exact) mass is 273 g/mol. The van der Waals surface area contributed by atoms with E-state index in [4.69, 9.17) is 21.8 Å². The maximum Gasteiger partial charge on any atom is 0.248 e. The van der Waals surface area contributed by atoms with E-state index >= 15 is 0 Å². The quantitative estimate of drug-likeness (QED) is 0.778. The second kappa shape index (κ2) is 4.37. The van der Waals surface area contributed by atoms with E-state index in [9.17, 15) is 4.79 Å². The number of hydrogen-bond donors (Lipinski definition) is 1. The zero-order valence-electron chi connectivity index (χ0n) is 9.63. The van der Waals surface area contributed by atoms with Crippen molar-refractivity contribution in [1.82, 2.24) is 9.97 Å². The summed E-state index contributed by atoms with van der Waals surface area (Å²) in [6.45, 7) is 0. The molecular formula is C13H8ClN3O2. The molecule has 0 radical (unpaired) electrons. The van der Waals surface area contributed by atoms with Gasteiger partial charge in [-0.1, -0.05) is 11.6 Å². The van der Waals surface area contributed by atoms with Crippen molar-refractivity contribution >= 4 is 28.7 Å². The number of amides is 1. The van der Waals surface area contributed by atoms with Crippen molar-refractivity contribution in [1.29, 1.82) is 0 Å². The highest BCUT2D eigenvalue weighted by atomic mass is 35.5. The largest absolute Gasteiger partial charge is 0.418 e. The van der Waals surface area contributed by atoms with Crippen LogP contribution in [0.15, 0.2) is 40.9 Å². The van der Waals surface area contributed by atoms with Crippen molar-refractivity contribution in [2.45, 2.75) is 0 Å². The Bertz CT molecular complexity index is 765. The number of primary amides is 1. The predicted molar refractivity (Wildman–Crippen MR) is 70.8 cm³/mol. The molecule has 0 fully saturated rings. The Morgan fingerprint density at radius 3 is 2.68 bits per heavy atom. The van der Waals surface area contributed by atoms with Crippen molar-refractivity contribution in [3.8, 4) is 11.5 Å². The van der Waals surface area contributed by atoms with E-state index in [0.717, 1.165) is 5.56 Å². The fraction of sp³-hybridized carbons (Fsp3) is 0. The summed E-state index contributed by atoms with van der Waals surface area (Å²) in [4.78, 5) is 19.3. The summed E-state index contributed by atoms with van der Waals surface area (Å²) >= 11 is 5.83. The van der Waals surface area contributed by atoms with Crippen molar-refractivity contribution in [3.63, 3.8) is 0 Å². The molecule has 2 aromatic heterocycles. The highest BCUT2D eigenvalue weighted by molar-refractivity contribution is 6.30. The number of oxazole rings is 1. The fourth-order valence-corrected chi connectivity index (χ4v) is 1.85. The third-order valence-electron chi connectivity index (χ3n) is 2.63. The van der Waals surface area contributed by atoms with Crippen molar-refractivity contribution in [3.05, 3.63) is 47.1 Å². The topological polar surface area (TPSA) is 82.0 Å². The normalized spacial score (nSPS) is 10.8. The lowest BCUT2D eigenvalue weighted by Crippen LogP contribution is -2.10. The summed E-state index contributed by atoms with van der Waals surface area (Å²) in [5.74, 6) is -0.0571. The van der Waals surface area contributed by atoms with Crippen LogP contribution in [0, 0.1) is 0 Å². The van der Waals surface area contributed by atoms with Gasteiger partial charge in [0.1, 0.15) is 5.52 Å². The van der Waals surface area contributed by atoms with Gasteiger partial charge in [0.05, 0.1) is 5.02 Å². The maximum absolute atomic E-state index is 11.0. The second-order valence-electron chi connectivity index (χ2n) is 3.94. The van der Waals surface area contributed by atoms with Crippen LogP contribution in [0.2, 0.25) is 5.02 Å². The number of carbonyl (C=O) groups is 1. The first-order valence-electron chi connectivity index (χ1n) is 5.46. The number of rotatable bonds is 2. The molecular weight excluding hydrogens is 266 g/mol. The molecule has 1 aromatic carbocycles. The van der Waals surface area contributed by atoms with Gasteiger partial charge in [0.15, 0.2) is 0 Å². The van der Waals surface area contributed by atoms with Gasteiger partial charge < -0.3 is 10.2 Å². The van der Waals surface area contributed by atoms with Gasteiger partial charge in [-0.25, -0.2) is 9.97 Å². The molecule has 19 heavy (non-hydrogen) atoms. The van der Waals surface area contributed by atoms with Crippen LogP contribution in [0.1, 0.15) is 10.4 Å². The average Bonchev–Trinajstić information content (AvgIpc) is 2.81. The molecule has 0 aliphatic rings. The van der Waals surface area contributed by atoms with Crippen LogP contribution in [0.3, 0.4) is 0 Å². The fourth-order valence-electron chi connectivity index (χ4n) is 1.70. The van der Waals surface area contributed by atoms with Gasteiger partial charge in [0.2, 0.25) is 17.5 Å². The SMILES string of the molecule is NC(=O)c1ccc(-c2nc3cc(Cl)cnc3o2)cc1. The zero-order valence-corrected chi connectivity index (χ0v) is 10.4. The Labute approximate surface area is 113 Å². The van der Waals surface area contributed by atoms with E-state index in [1.54, 1.807) is 30.3 Å². The Hall–Kier alpha value is -2.40. The second-order valence-corrected chi connectivity index (χ2v) is 4.37. The third-order valence-corrected chi connectivity index (χ3v) is 2.84. The van der Waals surface area contributed by atoms with Crippen LogP contribution in [0.4, 0.5) is 0 Å². The third kappa shape index (κ3) is 2.15. The van der Waals surface area contributed by atoms with Crippen LogP contribution in [0.5, 0.6) is 0 Å². The number of hydrogen-bond acceptors (Lipinski definition) is 4. The number of fused-ring (bicyclic) bond motifs is 1. The lowest BCUT2D eigenvalue weighted by atomic mass is 10.1. The van der Waals surface area contributed by atoms with E-state index in [-0.39, 0.29) is 0 Å². The Balaban J connectivity index is 2.06. The van der Waals surface area contributed by atoms with Gasteiger partial charge in [-0.15, -0.1) is 0 Å². The number of nitrogens with zero attached hydrogens (tertiary/aromatic N) is 2. The molecule has 0 saturated carbocycles. The van der Waals surface area contributed by atoms with Gasteiger partial charge >= 0.3 is 0 Å². The minimum absolute atomic E-state index is 0.415. The minimum Gasteiger partial charge on any atom is -0.418 e. The Kier molecular flexibility index (Phi) is 2.68. The highest BCUT2D eigenvalue weighted by Crippen LogP contribution is 2.24. The average molecular weight is 274 g/mol. The van der Waals surface area contributed by atoms with Crippen molar-refractivity contribution in [2.24, 2.45) is 5.73 Å². The molecule has 0 spiro atoms. The summed E-state index contributed by atoms with van der Waals surface area (Å²) in [7, 11) is 0. The summed E-state index contributed by atoms with van der Waals surface area (Å²) in [6.07, 6.45) is 1.50. The Morgan fingerprint density at radius 2 is 2.00 bits per heavy atom. The van der Waals surface area contributed by atoms with E-state index in [1.165, 1.54) is 6.20 Å². The molecule has 3 aromatic rings. The summed E-state index contributed by atoms with van der Waals surface area (Å²) < 4.78 is 5.51. The molecule has 0 aliphatic heterocycles. The Morgan fingerprint density at radius 1 is 1.26 bits per heavy atom. The molecule has 0 aliphatic carbocycles. The lowest BCUT2D eigenvalue weighted by Gasteiger charge is -1.96. The molecule has 2 N–H and O–H groups in total. The lowest BCUT2D eigenvalue weighted by molar-refractivity contribution is 0.100. The molecule has 5 nitrogen and oxygen atoms in total. The van der Waals surface area contributed by atoms with Crippen LogP contribution < -0.4 is 5.73 Å². The standard InChI is InChI=1S/C13H8ClN3O2/c14-9-5-10-13(16-6-9)19-12(17-10)8-3-1-7(2-4-8)11(15)18/h1-6H,(H2,15,18). The van der Waals surface area contributed by atoms with Gasteiger partial charge in [0, 0.05) is 17.3 Å². The molecule has 2 heterocycles. The highest BCUT2D eigenvalue weighted by Gasteiger charge is 2.10. The molecule has 0 saturated heterocycles. The summed E-state index contributed by atoms with van der Waals surface area (Å²) in [5, 5.41) is 0.497. The summed E-state index contributed by atoms with van der Waals surface area (Å²) in [6, 6.07) is 8.34. The van der Waals surface area contributed by atoms with Gasteiger partial charge in [0.25, 0.3) is 0 Å². The van der Waals surface area contributed by atoms with Crippen molar-refractivity contribution < 1.29 is 9.21 Å². The van der Waals surface area contributed by atoms with E-state index < -0.39 is 5.91 Å². The number of aromatic nitrogens is 2. The van der Waals surface area contributed by atoms with E-state index in [0.29, 0.717) is 27.7 Å². The minimum atomic E-state index is -0.474. The molecule has 94 valence electrons.